The monoisotopic (exact) mass is 543 g/mol. The van der Waals surface area contributed by atoms with Gasteiger partial charge in [0.25, 0.3) is 0 Å². The van der Waals surface area contributed by atoms with E-state index in [-0.39, 0.29) is 30.6 Å². The van der Waals surface area contributed by atoms with E-state index in [4.69, 9.17) is 5.73 Å². The van der Waals surface area contributed by atoms with Gasteiger partial charge in [-0.25, -0.2) is 4.79 Å². The number of benzene rings is 1. The summed E-state index contributed by atoms with van der Waals surface area (Å²) < 4.78 is 0. The highest BCUT2D eigenvalue weighted by atomic mass is 16.4. The molecule has 216 valence electrons. The summed E-state index contributed by atoms with van der Waals surface area (Å²) in [6, 6.07) is 3.80. The molecule has 1 aromatic heterocycles. The van der Waals surface area contributed by atoms with E-state index in [2.05, 4.69) is 20.9 Å². The van der Waals surface area contributed by atoms with E-state index in [9.17, 15) is 24.3 Å². The van der Waals surface area contributed by atoms with E-state index in [0.29, 0.717) is 12.8 Å². The van der Waals surface area contributed by atoms with Gasteiger partial charge in [0.15, 0.2) is 0 Å². The molecule has 0 radical (unpaired) electrons. The van der Waals surface area contributed by atoms with Crippen molar-refractivity contribution in [1.82, 2.24) is 20.9 Å². The van der Waals surface area contributed by atoms with Crippen LogP contribution in [0.1, 0.15) is 66.4 Å². The minimum absolute atomic E-state index is 0.0370. The second-order valence-electron chi connectivity index (χ2n) is 11.3. The van der Waals surface area contributed by atoms with Crippen LogP contribution in [0, 0.1) is 17.8 Å². The zero-order valence-electron chi connectivity index (χ0n) is 23.9. The number of carbonyl (C=O) groups is 4. The lowest BCUT2D eigenvalue weighted by molar-refractivity contribution is -0.143. The largest absolute Gasteiger partial charge is 0.480 e. The van der Waals surface area contributed by atoms with Crippen LogP contribution < -0.4 is 21.7 Å². The summed E-state index contributed by atoms with van der Waals surface area (Å²) in [6.07, 6.45) is 3.23. The quantitative estimate of drug-likeness (QED) is 0.202. The summed E-state index contributed by atoms with van der Waals surface area (Å²) >= 11 is 0. The third-order valence-electron chi connectivity index (χ3n) is 6.95. The third-order valence-corrected chi connectivity index (χ3v) is 6.95. The Labute approximate surface area is 230 Å². The van der Waals surface area contributed by atoms with Crippen molar-refractivity contribution in [3.05, 3.63) is 36.0 Å². The molecule has 0 fully saturated rings. The van der Waals surface area contributed by atoms with Crippen LogP contribution in [0.25, 0.3) is 10.9 Å². The summed E-state index contributed by atoms with van der Waals surface area (Å²) in [5.74, 6) is -2.69. The number of carboxylic acids is 1. The number of hydrogen-bond donors (Lipinski definition) is 6. The molecule has 3 amide bonds. The van der Waals surface area contributed by atoms with E-state index in [1.807, 2.05) is 65.8 Å². The molecule has 0 aliphatic rings. The van der Waals surface area contributed by atoms with E-state index in [1.54, 1.807) is 6.20 Å². The summed E-state index contributed by atoms with van der Waals surface area (Å²) in [5.41, 5.74) is 7.88. The van der Waals surface area contributed by atoms with Gasteiger partial charge in [0.05, 0.1) is 6.04 Å². The molecule has 10 nitrogen and oxygen atoms in total. The first kappa shape index (κ1) is 31.8. The van der Waals surface area contributed by atoms with Crippen molar-refractivity contribution < 1.29 is 24.3 Å². The van der Waals surface area contributed by atoms with Crippen molar-refractivity contribution in [3.63, 3.8) is 0 Å². The fraction of sp³-hybridized carbons (Fsp3) is 0.586. The minimum Gasteiger partial charge on any atom is -0.480 e. The first-order chi connectivity index (χ1) is 18.3. The standard InChI is InChI=1S/C29H45N5O5/c1-7-18(6)25(30)28(37)33-23(14-19-15-31-21-11-9-8-10-20(19)21)27(36)32-22(12-16(2)3)26(35)34-24(29(38)39)13-17(4)5/h8-11,15-18,22-25,31H,7,12-14,30H2,1-6H3,(H,32,36)(H,33,37)(H,34,35)(H,38,39). The van der Waals surface area contributed by atoms with Gasteiger partial charge in [0.2, 0.25) is 17.7 Å². The summed E-state index contributed by atoms with van der Waals surface area (Å²) in [4.78, 5) is 54.7. The average molecular weight is 544 g/mol. The number of amides is 3. The van der Waals surface area contributed by atoms with Crippen LogP contribution in [0.2, 0.25) is 0 Å². The Hall–Kier alpha value is -3.40. The molecular formula is C29H45N5O5. The van der Waals surface area contributed by atoms with E-state index in [1.165, 1.54) is 0 Å². The van der Waals surface area contributed by atoms with Gasteiger partial charge in [-0.3, -0.25) is 14.4 Å². The fourth-order valence-electron chi connectivity index (χ4n) is 4.45. The van der Waals surface area contributed by atoms with E-state index in [0.717, 1.165) is 16.5 Å². The third kappa shape index (κ3) is 9.38. The maximum atomic E-state index is 13.6. The number of H-pyrrole nitrogens is 1. The number of aromatic amines is 1. The maximum Gasteiger partial charge on any atom is 0.326 e. The molecule has 1 aromatic carbocycles. The second kappa shape index (κ2) is 14.7. The molecular weight excluding hydrogens is 498 g/mol. The number of para-hydroxylation sites is 1. The summed E-state index contributed by atoms with van der Waals surface area (Å²) in [7, 11) is 0. The van der Waals surface area contributed by atoms with Crippen molar-refractivity contribution in [3.8, 4) is 0 Å². The molecule has 5 atom stereocenters. The highest BCUT2D eigenvalue weighted by Crippen LogP contribution is 2.20. The predicted octanol–water partition coefficient (Wildman–Crippen LogP) is 2.72. The van der Waals surface area contributed by atoms with E-state index < -0.39 is 47.9 Å². The zero-order chi connectivity index (χ0) is 29.3. The van der Waals surface area contributed by atoms with Crippen LogP contribution in [0.5, 0.6) is 0 Å². The maximum absolute atomic E-state index is 13.6. The highest BCUT2D eigenvalue weighted by Gasteiger charge is 2.32. The number of carboxylic acid groups (broad SMARTS) is 1. The number of rotatable bonds is 15. The number of aromatic nitrogens is 1. The first-order valence-corrected chi connectivity index (χ1v) is 13.8. The van der Waals surface area contributed by atoms with Crippen LogP contribution in [0.4, 0.5) is 0 Å². The molecule has 0 bridgehead atoms. The molecule has 10 heteroatoms. The average Bonchev–Trinajstić information content (AvgIpc) is 3.28. The van der Waals surface area contributed by atoms with Crippen LogP contribution in [0.15, 0.2) is 30.5 Å². The SMILES string of the molecule is CCC(C)C(N)C(=O)NC(Cc1c[nH]c2ccccc12)C(=O)NC(CC(C)C)C(=O)NC(CC(C)C)C(=O)O. The Morgan fingerprint density at radius 2 is 1.38 bits per heavy atom. The molecule has 2 aromatic rings. The van der Waals surface area contributed by atoms with Crippen LogP contribution in [0.3, 0.4) is 0 Å². The van der Waals surface area contributed by atoms with Crippen LogP contribution in [-0.2, 0) is 25.6 Å². The molecule has 39 heavy (non-hydrogen) atoms. The predicted molar refractivity (Wildman–Crippen MR) is 152 cm³/mol. The number of fused-ring (bicyclic) bond motifs is 1. The van der Waals surface area contributed by atoms with Gasteiger partial charge >= 0.3 is 5.97 Å². The van der Waals surface area contributed by atoms with Gasteiger partial charge in [0.1, 0.15) is 18.1 Å². The molecule has 0 aliphatic carbocycles. The molecule has 0 saturated carbocycles. The first-order valence-electron chi connectivity index (χ1n) is 13.8. The Morgan fingerprint density at radius 3 is 1.97 bits per heavy atom. The molecule has 7 N–H and O–H groups in total. The Morgan fingerprint density at radius 1 is 0.846 bits per heavy atom. The van der Waals surface area contributed by atoms with Crippen LogP contribution >= 0.6 is 0 Å². The second-order valence-corrected chi connectivity index (χ2v) is 11.3. The van der Waals surface area contributed by atoms with Crippen molar-refractivity contribution in [2.24, 2.45) is 23.5 Å². The number of aliphatic carboxylic acids is 1. The Balaban J connectivity index is 2.31. The van der Waals surface area contributed by atoms with Gasteiger partial charge in [-0.1, -0.05) is 66.2 Å². The molecule has 0 aliphatic heterocycles. The lowest BCUT2D eigenvalue weighted by atomic mass is 9.97. The lowest BCUT2D eigenvalue weighted by Crippen LogP contribution is -2.58. The topological polar surface area (TPSA) is 166 Å². The molecule has 2 rings (SSSR count). The molecule has 0 saturated heterocycles. The van der Waals surface area contributed by atoms with Crippen molar-refractivity contribution in [2.45, 2.75) is 91.4 Å². The molecule has 0 spiro atoms. The Bertz CT molecular complexity index is 1130. The lowest BCUT2D eigenvalue weighted by Gasteiger charge is -2.27. The van der Waals surface area contributed by atoms with Gasteiger partial charge in [0, 0.05) is 23.5 Å². The number of carbonyl (C=O) groups excluding carboxylic acids is 3. The number of nitrogens with two attached hydrogens (primary N) is 1. The van der Waals surface area contributed by atoms with Gasteiger partial charge < -0.3 is 31.8 Å². The van der Waals surface area contributed by atoms with Gasteiger partial charge in [-0.15, -0.1) is 0 Å². The molecule has 1 heterocycles. The van der Waals surface area contributed by atoms with Crippen molar-refractivity contribution in [2.75, 3.05) is 0 Å². The van der Waals surface area contributed by atoms with Crippen molar-refractivity contribution in [1.29, 1.82) is 0 Å². The van der Waals surface area contributed by atoms with Crippen LogP contribution in [-0.4, -0.2) is 57.9 Å². The summed E-state index contributed by atoms with van der Waals surface area (Å²) in [6.45, 7) is 11.4. The number of nitrogens with one attached hydrogen (secondary N) is 4. The normalized spacial score (nSPS) is 15.4. The highest BCUT2D eigenvalue weighted by molar-refractivity contribution is 5.95. The zero-order valence-corrected chi connectivity index (χ0v) is 23.9. The smallest absolute Gasteiger partial charge is 0.326 e. The van der Waals surface area contributed by atoms with E-state index >= 15 is 0 Å². The molecule has 5 unspecified atom stereocenters. The summed E-state index contributed by atoms with van der Waals surface area (Å²) in [5, 5.41) is 18.7. The minimum atomic E-state index is -1.13. The van der Waals surface area contributed by atoms with Crippen molar-refractivity contribution >= 4 is 34.6 Å². The Kier molecular flexibility index (Phi) is 12.0. The van der Waals surface area contributed by atoms with Gasteiger partial charge in [-0.2, -0.15) is 0 Å². The number of hydrogen-bond acceptors (Lipinski definition) is 5. The fourth-order valence-corrected chi connectivity index (χ4v) is 4.45. The van der Waals surface area contributed by atoms with Gasteiger partial charge in [-0.05, 0) is 42.2 Å².